The average molecular weight is 880 g/mol. The Morgan fingerprint density at radius 2 is 1.59 bits per heavy atom. The summed E-state index contributed by atoms with van der Waals surface area (Å²) in [7, 11) is 0. The van der Waals surface area contributed by atoms with E-state index in [-0.39, 0.29) is 17.5 Å². The maximum absolute atomic E-state index is 6.90. The highest BCUT2D eigenvalue weighted by Gasteiger charge is 2.43. The molecule has 3 heteroatoms. The fourth-order valence-electron chi connectivity index (χ4n) is 12.0. The number of nitrogens with zero attached hydrogens (tertiary/aromatic N) is 1. The van der Waals surface area contributed by atoms with Crippen molar-refractivity contribution < 1.29 is 4.74 Å². The number of benzene rings is 5. The molecule has 0 spiro atoms. The molecular formula is C63H61NOS. The van der Waals surface area contributed by atoms with Crippen LogP contribution in [0.1, 0.15) is 94.5 Å². The fraction of sp³-hybridized carbons (Fsp3) is 0.270. The highest BCUT2D eigenvalue weighted by Crippen LogP contribution is 2.55. The van der Waals surface area contributed by atoms with Crippen LogP contribution >= 0.6 is 11.8 Å². The molecule has 330 valence electrons. The van der Waals surface area contributed by atoms with Gasteiger partial charge in [-0.1, -0.05) is 178 Å². The SMILES string of the molecule is CCC(Cc1cc2ccccc2c2ccccc12)C1=CC(O/C(C)=C(\C)c2ccccc2C2=Cc3cccc(N(C4C=CC=CC4)C4CC=CC5=C4SC4C=CC=CC54)c3C2(C)C)=CCC1. The van der Waals surface area contributed by atoms with Crippen LogP contribution in [0.4, 0.5) is 5.69 Å². The minimum Gasteiger partial charge on any atom is -0.462 e. The van der Waals surface area contributed by atoms with Crippen LogP contribution in [0.3, 0.4) is 0 Å². The Labute approximate surface area is 396 Å². The molecule has 11 rings (SSSR count). The maximum atomic E-state index is 6.90. The van der Waals surface area contributed by atoms with E-state index in [1.54, 1.807) is 4.91 Å². The minimum atomic E-state index is -0.247. The first-order valence-electron chi connectivity index (χ1n) is 24.4. The summed E-state index contributed by atoms with van der Waals surface area (Å²) in [4.78, 5) is 4.35. The van der Waals surface area contributed by atoms with E-state index >= 15 is 0 Å². The van der Waals surface area contributed by atoms with E-state index in [0.29, 0.717) is 17.1 Å². The van der Waals surface area contributed by atoms with Gasteiger partial charge in [0.2, 0.25) is 0 Å². The Balaban J connectivity index is 0.887. The molecule has 0 bridgehead atoms. The van der Waals surface area contributed by atoms with Gasteiger partial charge in [-0.15, -0.1) is 11.8 Å². The summed E-state index contributed by atoms with van der Waals surface area (Å²) < 4.78 is 6.90. The first-order chi connectivity index (χ1) is 32.3. The molecule has 0 N–H and O–H groups in total. The van der Waals surface area contributed by atoms with Crippen molar-refractivity contribution in [2.75, 3.05) is 4.90 Å². The summed E-state index contributed by atoms with van der Waals surface area (Å²) in [6, 6.07) is 36.8. The van der Waals surface area contributed by atoms with Gasteiger partial charge in [0.05, 0.1) is 12.1 Å². The molecule has 0 amide bonds. The second-order valence-corrected chi connectivity index (χ2v) is 20.8. The molecule has 5 unspecified atom stereocenters. The quantitative estimate of drug-likeness (QED) is 0.0969. The summed E-state index contributed by atoms with van der Waals surface area (Å²) in [6.07, 6.45) is 36.7. The van der Waals surface area contributed by atoms with Crippen LogP contribution in [0.25, 0.3) is 38.8 Å². The molecule has 1 heterocycles. The summed E-state index contributed by atoms with van der Waals surface area (Å²) in [5.74, 6) is 2.82. The van der Waals surface area contributed by atoms with Crippen molar-refractivity contribution in [1.82, 2.24) is 0 Å². The Morgan fingerprint density at radius 3 is 2.44 bits per heavy atom. The smallest absolute Gasteiger partial charge is 0.122 e. The summed E-state index contributed by atoms with van der Waals surface area (Å²) in [6.45, 7) is 11.6. The molecule has 6 aliphatic rings. The standard InChI is InChI=1S/C63H61NOS/c1-6-43(37-47-38-45-21-10-11-28-51(45)53-30-14-13-29-52(47)53)44-22-18-26-49(39-44)65-42(3)41(2)50-27-12-15-31-54(50)57-40-46-23-19-34-58(61(46)63(57,4)5)64(48-24-8-7-9-25-48)59-35-20-33-56-55-32-16-17-36-60(55)66-62(56)59/h7-17,19-21,23-24,26-34,36,38-40,43,48,55,59-60H,6,18,22,25,35,37H2,1-5H3/b42-41+. The van der Waals surface area contributed by atoms with E-state index in [1.807, 2.05) is 0 Å². The zero-order chi connectivity index (χ0) is 44.9. The van der Waals surface area contributed by atoms with Gasteiger partial charge in [0.1, 0.15) is 11.5 Å². The van der Waals surface area contributed by atoms with E-state index in [0.717, 1.165) is 50.0 Å². The third-order valence-corrected chi connectivity index (χ3v) is 16.9. The second-order valence-electron chi connectivity index (χ2n) is 19.6. The maximum Gasteiger partial charge on any atom is 0.122 e. The lowest BCUT2D eigenvalue weighted by atomic mass is 9.75. The van der Waals surface area contributed by atoms with Gasteiger partial charge in [0.15, 0.2) is 0 Å². The van der Waals surface area contributed by atoms with Crippen molar-refractivity contribution in [3.8, 4) is 0 Å². The number of thioether (sulfide) groups is 1. The molecule has 5 aromatic rings. The highest BCUT2D eigenvalue weighted by atomic mass is 32.2. The van der Waals surface area contributed by atoms with Crippen molar-refractivity contribution >= 4 is 56.2 Å². The van der Waals surface area contributed by atoms with Gasteiger partial charge < -0.3 is 9.64 Å². The lowest BCUT2D eigenvalue weighted by molar-refractivity contribution is 0.318. The molecule has 5 atom stereocenters. The van der Waals surface area contributed by atoms with Crippen molar-refractivity contribution in [2.24, 2.45) is 11.8 Å². The van der Waals surface area contributed by atoms with Gasteiger partial charge in [0.25, 0.3) is 0 Å². The van der Waals surface area contributed by atoms with Gasteiger partial charge in [-0.3, -0.25) is 0 Å². The van der Waals surface area contributed by atoms with E-state index < -0.39 is 0 Å². The molecule has 0 fully saturated rings. The Hall–Kier alpha value is -6.03. The fourth-order valence-corrected chi connectivity index (χ4v) is 13.5. The van der Waals surface area contributed by atoms with E-state index in [2.05, 4.69) is 227 Å². The van der Waals surface area contributed by atoms with Crippen LogP contribution in [0, 0.1) is 11.8 Å². The normalized spacial score (nSPS) is 23.3. The van der Waals surface area contributed by atoms with Crippen molar-refractivity contribution in [2.45, 2.75) is 95.9 Å². The molecule has 0 saturated heterocycles. The molecular weight excluding hydrogens is 819 g/mol. The van der Waals surface area contributed by atoms with Crippen LogP contribution in [0.5, 0.6) is 0 Å². The first kappa shape index (κ1) is 42.6. The van der Waals surface area contributed by atoms with Crippen LogP contribution in [0.2, 0.25) is 0 Å². The molecule has 0 saturated carbocycles. The number of anilines is 1. The predicted octanol–water partition coefficient (Wildman–Crippen LogP) is 16.6. The van der Waals surface area contributed by atoms with Crippen LogP contribution in [-0.2, 0) is 16.6 Å². The molecule has 2 nitrogen and oxygen atoms in total. The van der Waals surface area contributed by atoms with E-state index in [1.165, 1.54) is 77.3 Å². The summed E-state index contributed by atoms with van der Waals surface area (Å²) in [5, 5.41) is 5.85. The van der Waals surface area contributed by atoms with Gasteiger partial charge in [-0.05, 0) is 149 Å². The van der Waals surface area contributed by atoms with Gasteiger partial charge in [-0.25, -0.2) is 0 Å². The third-order valence-electron chi connectivity index (χ3n) is 15.4. The van der Waals surface area contributed by atoms with Crippen LogP contribution in [0.15, 0.2) is 198 Å². The molecule has 1 aliphatic heterocycles. The number of rotatable bonds is 11. The van der Waals surface area contributed by atoms with Gasteiger partial charge in [0, 0.05) is 27.2 Å². The number of hydrogen-bond donors (Lipinski definition) is 0. The molecule has 0 radical (unpaired) electrons. The summed E-state index contributed by atoms with van der Waals surface area (Å²) >= 11 is 2.10. The van der Waals surface area contributed by atoms with Crippen molar-refractivity contribution in [3.05, 3.63) is 225 Å². The van der Waals surface area contributed by atoms with Crippen molar-refractivity contribution in [3.63, 3.8) is 0 Å². The zero-order valence-electron chi connectivity index (χ0n) is 39.1. The van der Waals surface area contributed by atoms with Crippen molar-refractivity contribution in [1.29, 1.82) is 0 Å². The number of ether oxygens (including phenoxy) is 1. The number of fused-ring (bicyclic) bond motifs is 6. The number of allylic oxidation sites excluding steroid dienone is 13. The Kier molecular flexibility index (Phi) is 11.4. The van der Waals surface area contributed by atoms with Gasteiger partial charge >= 0.3 is 0 Å². The molecule has 5 aliphatic carbocycles. The third kappa shape index (κ3) is 7.54. The monoisotopic (exact) mass is 879 g/mol. The van der Waals surface area contributed by atoms with E-state index in [9.17, 15) is 0 Å². The van der Waals surface area contributed by atoms with E-state index in [4.69, 9.17) is 4.74 Å². The Bertz CT molecular complexity index is 3080. The average Bonchev–Trinajstić information content (AvgIpc) is 3.88. The minimum absolute atomic E-state index is 0.247. The molecule has 0 aromatic heterocycles. The predicted molar refractivity (Wildman–Crippen MR) is 284 cm³/mol. The zero-order valence-corrected chi connectivity index (χ0v) is 40.0. The largest absolute Gasteiger partial charge is 0.462 e. The summed E-state index contributed by atoms with van der Waals surface area (Å²) in [5.41, 5.74) is 13.3. The lowest BCUT2D eigenvalue weighted by Crippen LogP contribution is -2.45. The first-order valence-corrected chi connectivity index (χ1v) is 25.3. The molecule has 66 heavy (non-hydrogen) atoms. The Morgan fingerprint density at radius 1 is 0.803 bits per heavy atom. The number of hydrogen-bond acceptors (Lipinski definition) is 3. The highest BCUT2D eigenvalue weighted by molar-refractivity contribution is 8.04. The van der Waals surface area contributed by atoms with Crippen LogP contribution in [-0.4, -0.2) is 17.3 Å². The second kappa shape index (κ2) is 17.6. The van der Waals surface area contributed by atoms with Gasteiger partial charge in [-0.2, -0.15) is 0 Å². The van der Waals surface area contributed by atoms with Crippen LogP contribution < -0.4 is 4.90 Å². The lowest BCUT2D eigenvalue weighted by Gasteiger charge is -2.43. The topological polar surface area (TPSA) is 12.5 Å². The molecule has 5 aromatic carbocycles.